The van der Waals surface area contributed by atoms with Gasteiger partial charge in [0, 0.05) is 33.4 Å². The van der Waals surface area contributed by atoms with Gasteiger partial charge in [-0.3, -0.25) is 0 Å². The maximum Gasteiger partial charge on any atom is 0.164 e. The van der Waals surface area contributed by atoms with Crippen LogP contribution in [0.2, 0.25) is 0 Å². The zero-order chi connectivity index (χ0) is 44.7. The molecular weight excluding hydrogens is 817 g/mol. The van der Waals surface area contributed by atoms with E-state index in [9.17, 15) is 5.26 Å². The molecule has 0 aliphatic heterocycles. The summed E-state index contributed by atoms with van der Waals surface area (Å²) in [5.74, 6) is 3.36. The van der Waals surface area contributed by atoms with E-state index in [1.807, 2.05) is 54.6 Å². The number of rotatable bonds is 9. The monoisotopic (exact) mass is 860 g/mol. The van der Waals surface area contributed by atoms with E-state index in [1.54, 1.807) is 0 Å². The topological polar surface area (TPSA) is 88.2 Å². The zero-order valence-electron chi connectivity index (χ0n) is 36.8. The molecule has 0 radical (unpaired) electrons. The van der Waals surface area contributed by atoms with Crippen LogP contribution in [0.1, 0.15) is 43.2 Å². The molecule has 10 aromatic rings. The number of benzene rings is 8. The number of hydrogen-bond donors (Lipinski definition) is 0. The van der Waals surface area contributed by atoms with Gasteiger partial charge in [0.1, 0.15) is 0 Å². The Bertz CT molecular complexity index is 3500. The molecule has 318 valence electrons. The summed E-state index contributed by atoms with van der Waals surface area (Å²) in [5.41, 5.74) is 13.7. The Labute approximate surface area is 390 Å². The lowest BCUT2D eigenvalue weighted by molar-refractivity contribution is 0.419. The fourth-order valence-electron chi connectivity index (χ4n) is 10.6. The van der Waals surface area contributed by atoms with Gasteiger partial charge in [0.2, 0.25) is 0 Å². The zero-order valence-corrected chi connectivity index (χ0v) is 36.8. The molecule has 6 heteroatoms. The summed E-state index contributed by atoms with van der Waals surface area (Å²) in [7, 11) is 0. The minimum absolute atomic E-state index is 0.321. The normalized spacial score (nSPS) is 16.3. The van der Waals surface area contributed by atoms with E-state index < -0.39 is 0 Å². The van der Waals surface area contributed by atoms with Crippen molar-refractivity contribution in [2.24, 2.45) is 5.92 Å². The van der Waals surface area contributed by atoms with Gasteiger partial charge in [0.25, 0.3) is 0 Å². The molecule has 2 heterocycles. The molecule has 2 aliphatic rings. The first-order chi connectivity index (χ1) is 33.1. The van der Waals surface area contributed by atoms with Crippen molar-refractivity contribution in [3.8, 4) is 96.4 Å². The summed E-state index contributed by atoms with van der Waals surface area (Å²) in [6.45, 7) is 0. The lowest BCUT2D eigenvalue weighted by Crippen LogP contribution is -2.19. The standard InChI is InChI=1S/C61H44N6/c62-39-41-12-11-18-47(34-41)42-22-24-44(25-23-42)55-37-56(64-59(63-55)53-21-10-9-19-51(53)43-13-3-1-4-14-43)49-35-48-17-7-8-20-52(48)54(36-49)60-66-57(45-15-5-2-6-16-45)65-58(67-60)46-26-28-50(29-27-46)61-32-30-40(38-61)31-33-61/h1-29,34-37,40H,30-33,38H2. The largest absolute Gasteiger partial charge is 0.228 e. The molecule has 6 nitrogen and oxygen atoms in total. The lowest BCUT2D eigenvalue weighted by atomic mass is 9.77. The third-order valence-corrected chi connectivity index (χ3v) is 14.0. The van der Waals surface area contributed by atoms with Gasteiger partial charge in [0.15, 0.2) is 23.3 Å². The molecule has 2 aliphatic carbocycles. The van der Waals surface area contributed by atoms with E-state index in [1.165, 1.54) is 37.7 Å². The Hall–Kier alpha value is -8.40. The number of aromatic nitrogens is 5. The first-order valence-corrected chi connectivity index (χ1v) is 23.2. The molecule has 67 heavy (non-hydrogen) atoms. The average molecular weight is 861 g/mol. The Kier molecular flexibility index (Phi) is 10.1. The molecule has 2 aromatic heterocycles. The molecule has 0 spiro atoms. The number of nitrogens with zero attached hydrogens (tertiary/aromatic N) is 6. The average Bonchev–Trinajstić information content (AvgIpc) is 4.04. The predicted octanol–water partition coefficient (Wildman–Crippen LogP) is 14.9. The second-order valence-corrected chi connectivity index (χ2v) is 18.1. The van der Waals surface area contributed by atoms with Crippen LogP contribution in [0.3, 0.4) is 0 Å². The van der Waals surface area contributed by atoms with E-state index in [4.69, 9.17) is 24.9 Å². The fourth-order valence-corrected chi connectivity index (χ4v) is 10.6. The molecule has 2 fully saturated rings. The summed E-state index contributed by atoms with van der Waals surface area (Å²) in [5, 5.41) is 11.7. The summed E-state index contributed by atoms with van der Waals surface area (Å²) in [4.78, 5) is 26.4. The van der Waals surface area contributed by atoms with Crippen LogP contribution in [0.25, 0.3) is 101 Å². The maximum absolute atomic E-state index is 9.57. The van der Waals surface area contributed by atoms with Crippen LogP contribution in [0.4, 0.5) is 0 Å². The number of hydrogen-bond acceptors (Lipinski definition) is 6. The smallest absolute Gasteiger partial charge is 0.164 e. The Morgan fingerprint density at radius 1 is 0.403 bits per heavy atom. The van der Waals surface area contributed by atoms with Crippen LogP contribution in [0.15, 0.2) is 200 Å². The predicted molar refractivity (Wildman–Crippen MR) is 269 cm³/mol. The van der Waals surface area contributed by atoms with Gasteiger partial charge in [-0.2, -0.15) is 5.26 Å². The van der Waals surface area contributed by atoms with Crippen molar-refractivity contribution in [1.29, 1.82) is 5.26 Å². The highest BCUT2D eigenvalue weighted by molar-refractivity contribution is 5.99. The van der Waals surface area contributed by atoms with Gasteiger partial charge >= 0.3 is 0 Å². The van der Waals surface area contributed by atoms with Gasteiger partial charge in [-0.1, -0.05) is 170 Å². The van der Waals surface area contributed by atoms with Crippen LogP contribution in [-0.4, -0.2) is 24.9 Å². The minimum Gasteiger partial charge on any atom is -0.228 e. The minimum atomic E-state index is 0.321. The summed E-state index contributed by atoms with van der Waals surface area (Å²) < 4.78 is 0. The van der Waals surface area contributed by atoms with Crippen molar-refractivity contribution in [3.05, 3.63) is 211 Å². The fraction of sp³-hybridized carbons (Fsp3) is 0.115. The third kappa shape index (κ3) is 7.65. The van der Waals surface area contributed by atoms with Crippen molar-refractivity contribution < 1.29 is 0 Å². The van der Waals surface area contributed by atoms with Crippen LogP contribution < -0.4 is 0 Å². The van der Waals surface area contributed by atoms with E-state index in [-0.39, 0.29) is 0 Å². The van der Waals surface area contributed by atoms with E-state index in [2.05, 4.69) is 152 Å². The van der Waals surface area contributed by atoms with Crippen molar-refractivity contribution in [1.82, 2.24) is 24.9 Å². The van der Waals surface area contributed by atoms with Crippen LogP contribution in [-0.2, 0) is 5.41 Å². The van der Waals surface area contributed by atoms with Crippen molar-refractivity contribution in [2.45, 2.75) is 37.5 Å². The molecular formula is C61H44N6. The molecule has 0 unspecified atom stereocenters. The highest BCUT2D eigenvalue weighted by Crippen LogP contribution is 2.55. The van der Waals surface area contributed by atoms with Crippen LogP contribution in [0, 0.1) is 17.2 Å². The first-order valence-electron chi connectivity index (χ1n) is 23.2. The van der Waals surface area contributed by atoms with Gasteiger partial charge in [-0.05, 0) is 112 Å². The number of fused-ring (bicyclic) bond motifs is 3. The van der Waals surface area contributed by atoms with Gasteiger partial charge in [-0.15, -0.1) is 0 Å². The van der Waals surface area contributed by atoms with Gasteiger partial charge in [0.05, 0.1) is 23.0 Å². The maximum atomic E-state index is 9.57. The molecule has 0 N–H and O–H groups in total. The van der Waals surface area contributed by atoms with Gasteiger partial charge in [-0.25, -0.2) is 24.9 Å². The lowest BCUT2D eigenvalue weighted by Gasteiger charge is -2.27. The molecule has 0 saturated heterocycles. The molecule has 8 aromatic carbocycles. The van der Waals surface area contributed by atoms with E-state index in [0.717, 1.165) is 83.7 Å². The summed E-state index contributed by atoms with van der Waals surface area (Å²) >= 11 is 0. The molecule has 0 atom stereocenters. The van der Waals surface area contributed by atoms with E-state index in [0.29, 0.717) is 34.3 Å². The molecule has 2 bridgehead atoms. The Morgan fingerprint density at radius 2 is 0.970 bits per heavy atom. The molecule has 2 saturated carbocycles. The Balaban J connectivity index is 1.02. The van der Waals surface area contributed by atoms with Crippen molar-refractivity contribution in [3.63, 3.8) is 0 Å². The quantitative estimate of drug-likeness (QED) is 0.144. The van der Waals surface area contributed by atoms with E-state index >= 15 is 0 Å². The SMILES string of the molecule is N#Cc1cccc(-c2ccc(-c3cc(-c4cc(-c5nc(-c6ccccc6)nc(-c6ccc(C78CCC(CC7)C8)cc6)n5)c5ccccc5c4)nc(-c4ccccc4-c4ccccc4)n3)cc2)c1. The molecule has 0 amide bonds. The second kappa shape index (κ2) is 16.9. The number of nitriles is 1. The highest BCUT2D eigenvalue weighted by atomic mass is 15.0. The van der Waals surface area contributed by atoms with Gasteiger partial charge < -0.3 is 0 Å². The Morgan fingerprint density at radius 3 is 1.67 bits per heavy atom. The van der Waals surface area contributed by atoms with Crippen LogP contribution in [0.5, 0.6) is 0 Å². The van der Waals surface area contributed by atoms with Crippen molar-refractivity contribution >= 4 is 10.8 Å². The molecule has 12 rings (SSSR count). The summed E-state index contributed by atoms with van der Waals surface area (Å²) in [6, 6.07) is 71.2. The van der Waals surface area contributed by atoms with Crippen LogP contribution >= 0.6 is 0 Å². The van der Waals surface area contributed by atoms with Crippen molar-refractivity contribution in [2.75, 3.05) is 0 Å². The second-order valence-electron chi connectivity index (χ2n) is 18.1. The third-order valence-electron chi connectivity index (χ3n) is 14.0. The highest BCUT2D eigenvalue weighted by Gasteiger charge is 2.45. The summed E-state index contributed by atoms with van der Waals surface area (Å²) in [6.07, 6.45) is 6.57. The first kappa shape index (κ1) is 40.1.